The van der Waals surface area contributed by atoms with E-state index in [4.69, 9.17) is 15.7 Å². The van der Waals surface area contributed by atoms with Crippen LogP contribution in [0.25, 0.3) is 10.9 Å². The van der Waals surface area contributed by atoms with Crippen LogP contribution in [0.5, 0.6) is 0 Å². The number of aliphatic imine (C=N–C) groups is 1. The summed E-state index contributed by atoms with van der Waals surface area (Å²) >= 11 is 0. The third kappa shape index (κ3) is 4.98. The van der Waals surface area contributed by atoms with Gasteiger partial charge in [-0.2, -0.15) is 0 Å². The van der Waals surface area contributed by atoms with Crippen LogP contribution in [0.3, 0.4) is 0 Å². The maximum absolute atomic E-state index is 11.3. The molecule has 2 fully saturated rings. The number of aromatic nitrogens is 2. The van der Waals surface area contributed by atoms with Crippen molar-refractivity contribution in [2.75, 3.05) is 36.5 Å². The van der Waals surface area contributed by atoms with E-state index >= 15 is 0 Å². The Morgan fingerprint density at radius 3 is 2.63 bits per heavy atom. The Bertz CT molecular complexity index is 1060. The Morgan fingerprint density at radius 2 is 1.97 bits per heavy atom. The van der Waals surface area contributed by atoms with Crippen molar-refractivity contribution in [3.8, 4) is 0 Å². The van der Waals surface area contributed by atoms with Gasteiger partial charge in [0.15, 0.2) is 0 Å². The number of nitrogens with zero attached hydrogens (tertiary/aromatic N) is 4. The summed E-state index contributed by atoms with van der Waals surface area (Å²) < 4.78 is 22.6. The highest BCUT2D eigenvalue weighted by atomic mass is 32.2. The first-order chi connectivity index (χ1) is 14.3. The van der Waals surface area contributed by atoms with Crippen LogP contribution in [0.4, 0.5) is 5.82 Å². The molecule has 30 heavy (non-hydrogen) atoms. The van der Waals surface area contributed by atoms with Crippen LogP contribution >= 0.6 is 0 Å². The van der Waals surface area contributed by atoms with Crippen molar-refractivity contribution in [3.05, 3.63) is 29.6 Å². The summed E-state index contributed by atoms with van der Waals surface area (Å²) in [6.45, 7) is 4.23. The molecule has 0 unspecified atom stereocenters. The minimum Gasteiger partial charge on any atom is -0.354 e. The number of sulfone groups is 1. The molecule has 8 heteroatoms. The molecule has 0 bridgehead atoms. The predicted octanol–water partition coefficient (Wildman–Crippen LogP) is 2.62. The van der Waals surface area contributed by atoms with Gasteiger partial charge in [0.2, 0.25) is 0 Å². The van der Waals surface area contributed by atoms with Crippen LogP contribution in [0.2, 0.25) is 0 Å². The summed E-state index contributed by atoms with van der Waals surface area (Å²) in [5, 5.41) is 1.10. The SMILES string of the molecule is Cc1ccc2nc(C3CCC(=NCCS(C)(=O)=O)CC3)nc(N3CC[C@H](N)C3)c2c1. The summed E-state index contributed by atoms with van der Waals surface area (Å²) in [6.07, 6.45) is 5.92. The van der Waals surface area contributed by atoms with Crippen molar-refractivity contribution >= 4 is 32.3 Å². The van der Waals surface area contributed by atoms with Gasteiger partial charge in [-0.1, -0.05) is 11.6 Å². The third-order valence-corrected chi connectivity index (χ3v) is 7.02. The highest BCUT2D eigenvalue weighted by Crippen LogP contribution is 2.34. The second-order valence-electron chi connectivity index (χ2n) is 8.77. The van der Waals surface area contributed by atoms with E-state index < -0.39 is 9.84 Å². The Morgan fingerprint density at radius 1 is 1.20 bits per heavy atom. The fraction of sp³-hybridized carbons (Fsp3) is 0.591. The molecule has 162 valence electrons. The lowest BCUT2D eigenvalue weighted by Gasteiger charge is -2.25. The summed E-state index contributed by atoms with van der Waals surface area (Å²) in [5.74, 6) is 2.35. The van der Waals surface area contributed by atoms with Crippen molar-refractivity contribution in [1.29, 1.82) is 0 Å². The van der Waals surface area contributed by atoms with E-state index in [0.29, 0.717) is 12.5 Å². The zero-order valence-electron chi connectivity index (χ0n) is 17.8. The van der Waals surface area contributed by atoms with Gasteiger partial charge in [-0.15, -0.1) is 0 Å². The van der Waals surface area contributed by atoms with Gasteiger partial charge in [0.05, 0.1) is 17.8 Å². The van der Waals surface area contributed by atoms with E-state index in [1.165, 1.54) is 11.8 Å². The molecule has 2 heterocycles. The average Bonchev–Trinajstić information content (AvgIpc) is 3.13. The van der Waals surface area contributed by atoms with Gasteiger partial charge in [0, 0.05) is 42.4 Å². The highest BCUT2D eigenvalue weighted by Gasteiger charge is 2.26. The monoisotopic (exact) mass is 429 g/mol. The molecule has 0 spiro atoms. The molecule has 1 saturated heterocycles. The maximum Gasteiger partial charge on any atom is 0.149 e. The lowest BCUT2D eigenvalue weighted by atomic mass is 9.87. The molecule has 2 aliphatic rings. The van der Waals surface area contributed by atoms with E-state index in [9.17, 15) is 8.42 Å². The Balaban J connectivity index is 1.55. The van der Waals surface area contributed by atoms with Gasteiger partial charge in [0.25, 0.3) is 0 Å². The summed E-state index contributed by atoms with van der Waals surface area (Å²) in [5.41, 5.74) is 9.48. The zero-order valence-corrected chi connectivity index (χ0v) is 18.7. The first-order valence-corrected chi connectivity index (χ1v) is 12.8. The van der Waals surface area contributed by atoms with Gasteiger partial charge in [-0.3, -0.25) is 4.99 Å². The molecular weight excluding hydrogens is 398 g/mol. The first-order valence-electron chi connectivity index (χ1n) is 10.8. The molecule has 1 aromatic carbocycles. The van der Waals surface area contributed by atoms with E-state index in [1.807, 2.05) is 0 Å². The van der Waals surface area contributed by atoms with Crippen LogP contribution < -0.4 is 10.6 Å². The van der Waals surface area contributed by atoms with E-state index in [0.717, 1.165) is 73.5 Å². The molecule has 1 aliphatic heterocycles. The number of rotatable bonds is 5. The number of nitrogens with two attached hydrogens (primary N) is 1. The third-order valence-electron chi connectivity index (χ3n) is 6.10. The summed E-state index contributed by atoms with van der Waals surface area (Å²) in [7, 11) is -2.96. The molecule has 0 radical (unpaired) electrons. The molecule has 4 rings (SSSR count). The fourth-order valence-electron chi connectivity index (χ4n) is 4.38. The van der Waals surface area contributed by atoms with Crippen molar-refractivity contribution < 1.29 is 8.42 Å². The van der Waals surface area contributed by atoms with Gasteiger partial charge in [0.1, 0.15) is 21.5 Å². The summed E-state index contributed by atoms with van der Waals surface area (Å²) in [4.78, 5) is 16.8. The van der Waals surface area contributed by atoms with Crippen LogP contribution in [0.15, 0.2) is 23.2 Å². The Hall–Kier alpha value is -2.06. The second-order valence-corrected chi connectivity index (χ2v) is 11.0. The molecular formula is C22H31N5O2S. The number of benzene rings is 1. The maximum atomic E-state index is 11.3. The van der Waals surface area contributed by atoms with Gasteiger partial charge >= 0.3 is 0 Å². The number of hydrogen-bond donors (Lipinski definition) is 1. The molecule has 2 N–H and O–H groups in total. The van der Waals surface area contributed by atoms with Crippen LogP contribution in [-0.4, -0.2) is 61.8 Å². The lowest BCUT2D eigenvalue weighted by molar-refractivity contribution is 0.538. The van der Waals surface area contributed by atoms with Gasteiger partial charge < -0.3 is 10.6 Å². The molecule has 1 aromatic heterocycles. The molecule has 7 nitrogen and oxygen atoms in total. The molecule has 2 aromatic rings. The minimum absolute atomic E-state index is 0.120. The topological polar surface area (TPSA) is 102 Å². The Kier molecular flexibility index (Phi) is 6.06. The van der Waals surface area contributed by atoms with E-state index in [2.05, 4.69) is 35.0 Å². The number of fused-ring (bicyclic) bond motifs is 1. The van der Waals surface area contributed by atoms with Gasteiger partial charge in [-0.25, -0.2) is 18.4 Å². The lowest BCUT2D eigenvalue weighted by Crippen LogP contribution is -2.27. The van der Waals surface area contributed by atoms with Crippen LogP contribution in [0, 0.1) is 6.92 Å². The summed E-state index contributed by atoms with van der Waals surface area (Å²) in [6, 6.07) is 6.57. The molecule has 1 saturated carbocycles. The molecule has 0 amide bonds. The van der Waals surface area contributed by atoms with Crippen molar-refractivity contribution in [3.63, 3.8) is 0 Å². The second kappa shape index (κ2) is 8.59. The quantitative estimate of drug-likeness (QED) is 0.784. The number of aryl methyl sites for hydroxylation is 1. The minimum atomic E-state index is -2.96. The molecule has 1 atom stereocenters. The number of hydrogen-bond acceptors (Lipinski definition) is 7. The van der Waals surface area contributed by atoms with Crippen molar-refractivity contribution in [1.82, 2.24) is 9.97 Å². The smallest absolute Gasteiger partial charge is 0.149 e. The first kappa shape index (κ1) is 21.2. The largest absolute Gasteiger partial charge is 0.354 e. The van der Waals surface area contributed by atoms with E-state index in [1.54, 1.807) is 0 Å². The Labute approximate surface area is 178 Å². The van der Waals surface area contributed by atoms with Gasteiger partial charge in [-0.05, 0) is 51.2 Å². The number of anilines is 1. The van der Waals surface area contributed by atoms with Crippen LogP contribution in [0.1, 0.15) is 49.4 Å². The van der Waals surface area contributed by atoms with E-state index in [-0.39, 0.29) is 11.8 Å². The van der Waals surface area contributed by atoms with Crippen molar-refractivity contribution in [2.45, 2.75) is 51.0 Å². The fourth-order valence-corrected chi connectivity index (χ4v) is 4.81. The predicted molar refractivity (Wildman–Crippen MR) is 122 cm³/mol. The molecule has 1 aliphatic carbocycles. The zero-order chi connectivity index (χ0) is 21.3. The normalized spacial score (nSPS) is 22.6. The highest BCUT2D eigenvalue weighted by molar-refractivity contribution is 7.90. The van der Waals surface area contributed by atoms with Crippen molar-refractivity contribution in [2.24, 2.45) is 10.7 Å². The standard InChI is InChI=1S/C22H31N5O2S/c1-15-3-8-20-19(13-15)22(27-11-9-17(23)14-27)26-21(25-20)16-4-6-18(7-5-16)24-10-12-30(2,28)29/h3,8,13,16-17H,4-7,9-12,14,23H2,1-2H3/t16?,17-/m0/s1. The van der Waals surface area contributed by atoms with Crippen LogP contribution in [-0.2, 0) is 9.84 Å². The average molecular weight is 430 g/mol.